The fraction of sp³-hybridized carbons (Fsp3) is 0.367. The van der Waals surface area contributed by atoms with Crippen molar-refractivity contribution in [3.8, 4) is 0 Å². The summed E-state index contributed by atoms with van der Waals surface area (Å²) in [6.45, 7) is 12.3. The van der Waals surface area contributed by atoms with Crippen LogP contribution in [0, 0.1) is 12.7 Å². The third kappa shape index (κ3) is 8.08. The Bertz CT molecular complexity index is 1190. The van der Waals surface area contributed by atoms with Crippen molar-refractivity contribution in [2.45, 2.75) is 73.1 Å². The summed E-state index contributed by atoms with van der Waals surface area (Å²) < 4.78 is 14.7. The SMILES string of the molecule is CCCCc1c(C(C)c2ccc(C)cc2)[nH]c2ccc(Cl)c(F)c12.C\C=C(Cl)/C=N/C(C)=C/CC. The molecule has 0 aliphatic rings. The number of aryl methyl sites for hydroxylation is 2. The zero-order chi connectivity index (χ0) is 26.0. The third-order valence-corrected chi connectivity index (χ3v) is 6.56. The normalized spacial score (nSPS) is 13.3. The van der Waals surface area contributed by atoms with Crippen molar-refractivity contribution < 1.29 is 4.39 Å². The molecule has 2 nitrogen and oxygen atoms in total. The van der Waals surface area contributed by atoms with Crippen LogP contribution < -0.4 is 0 Å². The van der Waals surface area contributed by atoms with E-state index in [-0.39, 0.29) is 16.8 Å². The molecule has 3 rings (SSSR count). The number of aromatic amines is 1. The molecule has 0 saturated heterocycles. The van der Waals surface area contributed by atoms with Gasteiger partial charge in [-0.1, -0.05) is 92.4 Å². The summed E-state index contributed by atoms with van der Waals surface area (Å²) in [7, 11) is 0. The van der Waals surface area contributed by atoms with Crippen molar-refractivity contribution in [3.63, 3.8) is 0 Å². The zero-order valence-corrected chi connectivity index (χ0v) is 23.2. The smallest absolute Gasteiger partial charge is 0.151 e. The average molecular weight is 516 g/mol. The molecule has 0 aliphatic heterocycles. The molecule has 1 aromatic heterocycles. The zero-order valence-electron chi connectivity index (χ0n) is 21.7. The summed E-state index contributed by atoms with van der Waals surface area (Å²) in [4.78, 5) is 7.58. The molecule has 1 heterocycles. The van der Waals surface area contributed by atoms with Gasteiger partial charge < -0.3 is 4.98 Å². The standard InChI is InChI=1S/C21H23ClFN.C9H14ClN/c1-4-5-6-16-19-18(12-11-17(22)20(19)23)24-21(16)14(3)15-9-7-13(2)8-10-15;1-4-6-8(3)11-7-9(10)5-2/h7-12,14,24H,4-6H2,1-3H3;5-7H,4H2,1-3H3/b;8-6+,9-5+,11-7+. The van der Waals surface area contributed by atoms with E-state index in [0.29, 0.717) is 10.4 Å². The molecule has 1 atom stereocenters. The molecule has 0 amide bonds. The summed E-state index contributed by atoms with van der Waals surface area (Å²) in [5, 5.41) is 1.52. The Hall–Kier alpha value is -2.36. The highest BCUT2D eigenvalue weighted by atomic mass is 35.5. The summed E-state index contributed by atoms with van der Waals surface area (Å²) in [6, 6.07) is 12.0. The van der Waals surface area contributed by atoms with Crippen molar-refractivity contribution in [2.75, 3.05) is 0 Å². The van der Waals surface area contributed by atoms with Gasteiger partial charge in [0.15, 0.2) is 5.82 Å². The van der Waals surface area contributed by atoms with E-state index in [4.69, 9.17) is 23.2 Å². The maximum absolute atomic E-state index is 14.7. The number of hydrogen-bond donors (Lipinski definition) is 1. The minimum absolute atomic E-state index is 0.183. The molecule has 0 aliphatic carbocycles. The number of nitrogens with zero attached hydrogens (tertiary/aromatic N) is 1. The molecule has 3 aromatic rings. The van der Waals surface area contributed by atoms with Crippen molar-refractivity contribution >= 4 is 40.3 Å². The topological polar surface area (TPSA) is 28.1 Å². The van der Waals surface area contributed by atoms with Gasteiger partial charge in [0, 0.05) is 34.4 Å². The molecular weight excluding hydrogens is 478 g/mol. The van der Waals surface area contributed by atoms with E-state index in [0.717, 1.165) is 48.2 Å². The van der Waals surface area contributed by atoms with Crippen LogP contribution in [0.2, 0.25) is 5.02 Å². The van der Waals surface area contributed by atoms with Gasteiger partial charge in [0.05, 0.1) is 10.1 Å². The molecule has 1 unspecified atom stereocenters. The Labute approximate surface area is 220 Å². The number of hydrogen-bond acceptors (Lipinski definition) is 1. The van der Waals surface area contributed by atoms with Gasteiger partial charge in [-0.3, -0.25) is 4.99 Å². The predicted molar refractivity (Wildman–Crippen MR) is 153 cm³/mol. The molecule has 2 aromatic carbocycles. The second kappa shape index (κ2) is 14.3. The van der Waals surface area contributed by atoms with Gasteiger partial charge in [-0.2, -0.15) is 0 Å². The molecule has 0 bridgehead atoms. The van der Waals surface area contributed by atoms with Crippen LogP contribution in [0.3, 0.4) is 0 Å². The fourth-order valence-electron chi connectivity index (χ4n) is 3.90. The first-order valence-electron chi connectivity index (χ1n) is 12.3. The van der Waals surface area contributed by atoms with Crippen molar-refractivity contribution in [2.24, 2.45) is 4.99 Å². The minimum Gasteiger partial charge on any atom is -0.358 e. The molecule has 1 N–H and O–H groups in total. The molecule has 0 saturated carbocycles. The Morgan fingerprint density at radius 2 is 1.83 bits per heavy atom. The van der Waals surface area contributed by atoms with Gasteiger partial charge in [0.1, 0.15) is 0 Å². The Balaban J connectivity index is 0.000000334. The second-order valence-corrected chi connectivity index (χ2v) is 9.57. The van der Waals surface area contributed by atoms with E-state index >= 15 is 0 Å². The quantitative estimate of drug-likeness (QED) is 0.289. The second-order valence-electron chi connectivity index (χ2n) is 8.72. The summed E-state index contributed by atoms with van der Waals surface area (Å²) >= 11 is 11.7. The van der Waals surface area contributed by atoms with E-state index < -0.39 is 0 Å². The van der Waals surface area contributed by atoms with E-state index in [9.17, 15) is 4.39 Å². The maximum Gasteiger partial charge on any atom is 0.151 e. The van der Waals surface area contributed by atoms with E-state index in [1.165, 1.54) is 11.1 Å². The number of allylic oxidation sites excluding steroid dienone is 4. The largest absolute Gasteiger partial charge is 0.358 e. The summed E-state index contributed by atoms with van der Waals surface area (Å²) in [5.74, 6) is -0.123. The highest BCUT2D eigenvalue weighted by Crippen LogP contribution is 2.36. The maximum atomic E-state index is 14.7. The Morgan fingerprint density at radius 1 is 1.14 bits per heavy atom. The molecule has 0 spiro atoms. The number of aliphatic imine (C=N–C) groups is 1. The van der Waals surface area contributed by atoms with Crippen LogP contribution in [0.4, 0.5) is 4.39 Å². The van der Waals surface area contributed by atoms with Gasteiger partial charge in [0.2, 0.25) is 0 Å². The van der Waals surface area contributed by atoms with Crippen LogP contribution in [0.25, 0.3) is 10.9 Å². The van der Waals surface area contributed by atoms with Crippen LogP contribution in [0.15, 0.2) is 64.3 Å². The Morgan fingerprint density at radius 3 is 2.43 bits per heavy atom. The van der Waals surface area contributed by atoms with Crippen LogP contribution in [-0.4, -0.2) is 11.2 Å². The van der Waals surface area contributed by atoms with Gasteiger partial charge in [-0.25, -0.2) is 4.39 Å². The Kier molecular flexibility index (Phi) is 11.8. The lowest BCUT2D eigenvalue weighted by Gasteiger charge is -2.14. The monoisotopic (exact) mass is 514 g/mol. The minimum atomic E-state index is -0.307. The lowest BCUT2D eigenvalue weighted by atomic mass is 9.92. The molecule has 0 fully saturated rings. The number of benzene rings is 2. The van der Waals surface area contributed by atoms with Crippen LogP contribution in [0.1, 0.15) is 82.2 Å². The van der Waals surface area contributed by atoms with Gasteiger partial charge in [0.25, 0.3) is 0 Å². The lowest BCUT2D eigenvalue weighted by molar-refractivity contribution is 0.638. The fourth-order valence-corrected chi connectivity index (χ4v) is 4.10. The van der Waals surface area contributed by atoms with Gasteiger partial charge in [-0.05, 0) is 63.3 Å². The van der Waals surface area contributed by atoms with Crippen LogP contribution >= 0.6 is 23.2 Å². The average Bonchev–Trinajstić information content (AvgIpc) is 3.23. The first kappa shape index (κ1) is 28.9. The number of nitrogens with one attached hydrogen (secondary N) is 1. The number of unbranched alkanes of at least 4 members (excludes halogenated alkanes) is 1. The number of aromatic nitrogens is 1. The van der Waals surface area contributed by atoms with Crippen molar-refractivity contribution in [1.82, 2.24) is 4.98 Å². The summed E-state index contributed by atoms with van der Waals surface area (Å²) in [6.07, 6.45) is 9.50. The number of rotatable bonds is 8. The van der Waals surface area contributed by atoms with Crippen LogP contribution in [-0.2, 0) is 6.42 Å². The molecule has 35 heavy (non-hydrogen) atoms. The number of halogens is 3. The van der Waals surface area contributed by atoms with Crippen molar-refractivity contribution in [3.05, 3.63) is 92.5 Å². The van der Waals surface area contributed by atoms with Crippen LogP contribution in [0.5, 0.6) is 0 Å². The molecular formula is C30H37Cl2FN2. The number of H-pyrrole nitrogens is 1. The van der Waals surface area contributed by atoms with E-state index in [2.05, 4.69) is 68.0 Å². The van der Waals surface area contributed by atoms with E-state index in [1.54, 1.807) is 12.3 Å². The molecule has 0 radical (unpaired) electrons. The first-order chi connectivity index (χ1) is 16.7. The number of fused-ring (bicyclic) bond motifs is 1. The third-order valence-electron chi connectivity index (χ3n) is 5.95. The highest BCUT2D eigenvalue weighted by Gasteiger charge is 2.21. The van der Waals surface area contributed by atoms with Gasteiger partial charge >= 0.3 is 0 Å². The predicted octanol–water partition coefficient (Wildman–Crippen LogP) is 10.3. The highest BCUT2D eigenvalue weighted by molar-refractivity contribution is 6.39. The molecule has 5 heteroatoms. The van der Waals surface area contributed by atoms with Crippen molar-refractivity contribution in [1.29, 1.82) is 0 Å². The van der Waals surface area contributed by atoms with E-state index in [1.807, 2.05) is 26.0 Å². The van der Waals surface area contributed by atoms with Gasteiger partial charge in [-0.15, -0.1) is 0 Å². The summed E-state index contributed by atoms with van der Waals surface area (Å²) in [5.41, 5.74) is 6.48. The lowest BCUT2D eigenvalue weighted by Crippen LogP contribution is -2.01. The molecule has 188 valence electrons. The first-order valence-corrected chi connectivity index (χ1v) is 13.1.